The summed E-state index contributed by atoms with van der Waals surface area (Å²) in [6.07, 6.45) is 3.09. The largest absolute Gasteiger partial charge is 0.507 e. The van der Waals surface area contributed by atoms with Crippen molar-refractivity contribution in [2.24, 2.45) is 0 Å². The highest BCUT2D eigenvalue weighted by Gasteiger charge is 2.48. The van der Waals surface area contributed by atoms with E-state index in [-0.39, 0.29) is 11.3 Å². The number of amides is 1. The van der Waals surface area contributed by atoms with Crippen LogP contribution in [0.15, 0.2) is 72.3 Å². The lowest BCUT2D eigenvalue weighted by Crippen LogP contribution is -2.29. The van der Waals surface area contributed by atoms with Gasteiger partial charge < -0.3 is 9.84 Å². The fourth-order valence-corrected chi connectivity index (χ4v) is 5.76. The zero-order chi connectivity index (χ0) is 26.8. The lowest BCUT2D eigenvalue weighted by atomic mass is 9.95. The van der Waals surface area contributed by atoms with Gasteiger partial charge in [-0.05, 0) is 73.0 Å². The molecule has 8 heteroatoms. The van der Waals surface area contributed by atoms with Gasteiger partial charge in [-0.1, -0.05) is 60.9 Å². The van der Waals surface area contributed by atoms with E-state index in [1.165, 1.54) is 16.2 Å². The Morgan fingerprint density at radius 2 is 1.87 bits per heavy atom. The second-order valence-electron chi connectivity index (χ2n) is 9.27. The van der Waals surface area contributed by atoms with Gasteiger partial charge in [0.2, 0.25) is 0 Å². The highest BCUT2D eigenvalue weighted by atomic mass is 35.5. The summed E-state index contributed by atoms with van der Waals surface area (Å²) >= 11 is 7.37. The molecule has 0 radical (unpaired) electrons. The smallest absolute Gasteiger partial charge is 0.301 e. The number of ether oxygens (including phenoxy) is 1. The van der Waals surface area contributed by atoms with E-state index in [4.69, 9.17) is 16.3 Å². The molecule has 2 heterocycles. The molecule has 1 aromatic heterocycles. The minimum absolute atomic E-state index is 0.00380. The van der Waals surface area contributed by atoms with Crippen molar-refractivity contribution in [1.29, 1.82) is 0 Å². The number of aromatic nitrogens is 1. The minimum Gasteiger partial charge on any atom is -0.507 e. The number of Topliss-reactive ketones (excluding diaryl/α,β-unsaturated/α-hetero) is 1. The SMILES string of the molecule is CCCCCOc1cccc(C2/C(=C(\O)c3ccc(Cl)cc3)C(=O)C(=O)N2c2nc3ccc(C)cc3s2)c1. The van der Waals surface area contributed by atoms with Crippen molar-refractivity contribution in [3.63, 3.8) is 0 Å². The molecule has 5 rings (SSSR count). The number of aliphatic hydroxyl groups excluding tert-OH is 1. The molecule has 1 atom stereocenters. The van der Waals surface area contributed by atoms with Gasteiger partial charge >= 0.3 is 5.91 Å². The van der Waals surface area contributed by atoms with E-state index in [2.05, 4.69) is 11.9 Å². The van der Waals surface area contributed by atoms with E-state index in [0.29, 0.717) is 33.6 Å². The summed E-state index contributed by atoms with van der Waals surface area (Å²) in [6.45, 7) is 4.69. The van der Waals surface area contributed by atoms with Gasteiger partial charge in [-0.15, -0.1) is 0 Å². The van der Waals surface area contributed by atoms with Crippen LogP contribution in [0, 0.1) is 6.92 Å². The topological polar surface area (TPSA) is 79.7 Å². The number of benzene rings is 3. The van der Waals surface area contributed by atoms with E-state index in [1.54, 1.807) is 24.3 Å². The predicted molar refractivity (Wildman–Crippen MR) is 152 cm³/mol. The first kappa shape index (κ1) is 25.9. The van der Waals surface area contributed by atoms with Crippen molar-refractivity contribution in [3.8, 4) is 5.75 Å². The number of nitrogens with zero attached hydrogens (tertiary/aromatic N) is 2. The van der Waals surface area contributed by atoms with E-state index >= 15 is 0 Å². The number of thiazole rings is 1. The molecule has 38 heavy (non-hydrogen) atoms. The number of anilines is 1. The molecule has 3 aromatic carbocycles. The third kappa shape index (κ3) is 5.04. The molecule has 4 aromatic rings. The average molecular weight is 547 g/mol. The molecule has 194 valence electrons. The summed E-state index contributed by atoms with van der Waals surface area (Å²) in [6, 6.07) is 18.8. The van der Waals surface area contributed by atoms with Crippen molar-refractivity contribution in [2.75, 3.05) is 11.5 Å². The first-order valence-corrected chi connectivity index (χ1v) is 13.7. The Bertz CT molecular complexity index is 1540. The van der Waals surface area contributed by atoms with Gasteiger partial charge in [0.25, 0.3) is 5.78 Å². The van der Waals surface area contributed by atoms with Crippen LogP contribution >= 0.6 is 22.9 Å². The third-order valence-electron chi connectivity index (χ3n) is 6.49. The van der Waals surface area contributed by atoms with E-state index in [1.807, 2.05) is 49.4 Å². The Hall–Kier alpha value is -3.68. The van der Waals surface area contributed by atoms with Crippen LogP contribution in [0.25, 0.3) is 16.0 Å². The first-order chi connectivity index (χ1) is 18.4. The van der Waals surface area contributed by atoms with E-state index < -0.39 is 17.7 Å². The monoisotopic (exact) mass is 546 g/mol. The number of aliphatic hydroxyl groups is 1. The number of halogens is 1. The third-order valence-corrected chi connectivity index (χ3v) is 7.76. The van der Waals surface area contributed by atoms with Crippen LogP contribution in [0.3, 0.4) is 0 Å². The number of carbonyl (C=O) groups is 2. The number of unbranched alkanes of at least 4 members (excludes halogenated alkanes) is 2. The van der Waals surface area contributed by atoms with Gasteiger partial charge in [-0.3, -0.25) is 14.5 Å². The zero-order valence-electron chi connectivity index (χ0n) is 21.1. The molecular weight excluding hydrogens is 520 g/mol. The molecule has 1 fully saturated rings. The van der Waals surface area contributed by atoms with Crippen molar-refractivity contribution in [2.45, 2.75) is 39.2 Å². The van der Waals surface area contributed by atoms with Crippen LogP contribution in [-0.4, -0.2) is 28.4 Å². The van der Waals surface area contributed by atoms with Gasteiger partial charge in [0.1, 0.15) is 11.5 Å². The number of hydrogen-bond acceptors (Lipinski definition) is 6. The summed E-state index contributed by atoms with van der Waals surface area (Å²) in [7, 11) is 0. The summed E-state index contributed by atoms with van der Waals surface area (Å²) in [4.78, 5) is 33.0. The number of fused-ring (bicyclic) bond motifs is 1. The predicted octanol–water partition coefficient (Wildman–Crippen LogP) is 7.45. The maximum absolute atomic E-state index is 13.5. The van der Waals surface area contributed by atoms with Gasteiger partial charge in [-0.25, -0.2) is 4.98 Å². The van der Waals surface area contributed by atoms with Crippen molar-refractivity contribution in [1.82, 2.24) is 4.98 Å². The Labute approximate surface area is 230 Å². The second kappa shape index (κ2) is 11.0. The maximum atomic E-state index is 13.5. The zero-order valence-corrected chi connectivity index (χ0v) is 22.7. The lowest BCUT2D eigenvalue weighted by molar-refractivity contribution is -0.132. The molecule has 1 aliphatic rings. The molecule has 1 saturated heterocycles. The highest BCUT2D eigenvalue weighted by Crippen LogP contribution is 2.45. The number of carbonyl (C=O) groups excluding carboxylic acids is 2. The summed E-state index contributed by atoms with van der Waals surface area (Å²) < 4.78 is 6.87. The van der Waals surface area contributed by atoms with E-state index in [9.17, 15) is 14.7 Å². The molecule has 6 nitrogen and oxygen atoms in total. The maximum Gasteiger partial charge on any atom is 0.301 e. The highest BCUT2D eigenvalue weighted by molar-refractivity contribution is 7.22. The standard InChI is InChI=1S/C30H27ClN2O4S/c1-3-4-5-15-37-22-8-6-7-20(17-22)26-25(27(34)19-10-12-21(31)13-11-19)28(35)29(36)33(26)30-32-23-14-9-18(2)16-24(23)38-30/h6-14,16-17,26,34H,3-5,15H2,1-2H3/b27-25+. The van der Waals surface area contributed by atoms with Crippen molar-refractivity contribution >= 4 is 55.7 Å². The van der Waals surface area contributed by atoms with Crippen LogP contribution in [0.2, 0.25) is 5.02 Å². The summed E-state index contributed by atoms with van der Waals surface area (Å²) in [5, 5.41) is 12.2. The van der Waals surface area contributed by atoms with Gasteiger partial charge in [0, 0.05) is 10.6 Å². The quantitative estimate of drug-likeness (QED) is 0.107. The Balaban J connectivity index is 1.64. The molecular formula is C30H27ClN2O4S. The van der Waals surface area contributed by atoms with Crippen LogP contribution in [0.5, 0.6) is 5.75 Å². The molecule has 1 N–H and O–H groups in total. The molecule has 1 unspecified atom stereocenters. The number of aryl methyl sites for hydroxylation is 1. The number of hydrogen-bond donors (Lipinski definition) is 1. The normalized spacial score (nSPS) is 16.9. The van der Waals surface area contributed by atoms with Gasteiger partial charge in [-0.2, -0.15) is 0 Å². The second-order valence-corrected chi connectivity index (χ2v) is 10.7. The van der Waals surface area contributed by atoms with Crippen LogP contribution in [0.1, 0.15) is 48.9 Å². The fourth-order valence-electron chi connectivity index (χ4n) is 4.55. The molecule has 1 aliphatic heterocycles. The minimum atomic E-state index is -0.883. The van der Waals surface area contributed by atoms with Crippen LogP contribution in [-0.2, 0) is 9.59 Å². The molecule has 0 bridgehead atoms. The number of ketones is 1. The van der Waals surface area contributed by atoms with E-state index in [0.717, 1.165) is 35.0 Å². The average Bonchev–Trinajstić information content (AvgIpc) is 3.44. The van der Waals surface area contributed by atoms with Crippen LogP contribution < -0.4 is 9.64 Å². The van der Waals surface area contributed by atoms with Crippen LogP contribution in [0.4, 0.5) is 5.13 Å². The summed E-state index contributed by atoms with van der Waals surface area (Å²) in [5.41, 5.74) is 2.84. The Kier molecular flexibility index (Phi) is 7.49. The molecule has 0 spiro atoms. The lowest BCUT2D eigenvalue weighted by Gasteiger charge is -2.23. The van der Waals surface area contributed by atoms with Crippen molar-refractivity contribution in [3.05, 3.63) is 94.0 Å². The summed E-state index contributed by atoms with van der Waals surface area (Å²) in [5.74, 6) is -1.14. The molecule has 1 amide bonds. The molecule has 0 saturated carbocycles. The van der Waals surface area contributed by atoms with Gasteiger partial charge in [0.15, 0.2) is 5.13 Å². The fraction of sp³-hybridized carbons (Fsp3) is 0.233. The Morgan fingerprint density at radius 3 is 2.63 bits per heavy atom. The Morgan fingerprint density at radius 1 is 1.08 bits per heavy atom. The van der Waals surface area contributed by atoms with Gasteiger partial charge in [0.05, 0.1) is 28.4 Å². The number of rotatable bonds is 8. The first-order valence-electron chi connectivity index (χ1n) is 12.5. The van der Waals surface area contributed by atoms with Crippen molar-refractivity contribution < 1.29 is 19.4 Å². The molecule has 0 aliphatic carbocycles.